The molecule has 0 aromatic carbocycles. The SMILES string of the molecule is CC(=O)N1CCCCC1c1ccc[nH]c1=S. The van der Waals surface area contributed by atoms with Crippen LogP contribution in [0.3, 0.4) is 0 Å². The third kappa shape index (κ3) is 2.16. The number of amides is 1. The average Bonchev–Trinajstić information content (AvgIpc) is 2.29. The average molecular weight is 236 g/mol. The minimum atomic E-state index is 0.142. The fraction of sp³-hybridized carbons (Fsp3) is 0.500. The number of aromatic amines is 1. The van der Waals surface area contributed by atoms with Crippen molar-refractivity contribution >= 4 is 18.1 Å². The van der Waals surface area contributed by atoms with Crippen molar-refractivity contribution in [2.45, 2.75) is 32.2 Å². The van der Waals surface area contributed by atoms with E-state index in [0.717, 1.165) is 36.0 Å². The Hall–Kier alpha value is -1.16. The van der Waals surface area contributed by atoms with E-state index in [0.29, 0.717) is 0 Å². The van der Waals surface area contributed by atoms with Gasteiger partial charge in [-0.3, -0.25) is 4.79 Å². The van der Waals surface area contributed by atoms with Crippen LogP contribution >= 0.6 is 12.2 Å². The molecule has 86 valence electrons. The topological polar surface area (TPSA) is 36.1 Å². The first-order valence-electron chi connectivity index (χ1n) is 5.65. The number of H-pyrrole nitrogens is 1. The van der Waals surface area contributed by atoms with E-state index >= 15 is 0 Å². The molecule has 16 heavy (non-hydrogen) atoms. The maximum Gasteiger partial charge on any atom is 0.219 e. The van der Waals surface area contributed by atoms with Gasteiger partial charge in [0.15, 0.2) is 0 Å². The molecule has 1 unspecified atom stereocenters. The van der Waals surface area contributed by atoms with E-state index < -0.39 is 0 Å². The second-order valence-corrected chi connectivity index (χ2v) is 4.59. The number of likely N-dealkylation sites (tertiary alicyclic amines) is 1. The third-order valence-electron chi connectivity index (χ3n) is 3.11. The van der Waals surface area contributed by atoms with Gasteiger partial charge in [-0.1, -0.05) is 18.3 Å². The molecule has 2 heterocycles. The van der Waals surface area contributed by atoms with Gasteiger partial charge in [-0.2, -0.15) is 0 Å². The van der Waals surface area contributed by atoms with Crippen LogP contribution in [0.15, 0.2) is 18.3 Å². The Morgan fingerprint density at radius 2 is 2.38 bits per heavy atom. The lowest BCUT2D eigenvalue weighted by atomic mass is 9.96. The van der Waals surface area contributed by atoms with E-state index in [1.54, 1.807) is 6.92 Å². The van der Waals surface area contributed by atoms with Crippen molar-refractivity contribution in [1.82, 2.24) is 9.88 Å². The van der Waals surface area contributed by atoms with Crippen LogP contribution < -0.4 is 0 Å². The number of nitrogens with one attached hydrogen (secondary N) is 1. The fourth-order valence-corrected chi connectivity index (χ4v) is 2.60. The van der Waals surface area contributed by atoms with Crippen molar-refractivity contribution in [3.8, 4) is 0 Å². The van der Waals surface area contributed by atoms with Crippen LogP contribution in [0.2, 0.25) is 0 Å². The van der Waals surface area contributed by atoms with E-state index in [1.807, 2.05) is 23.2 Å². The monoisotopic (exact) mass is 236 g/mol. The van der Waals surface area contributed by atoms with Crippen molar-refractivity contribution in [3.05, 3.63) is 28.5 Å². The maximum absolute atomic E-state index is 11.6. The molecule has 1 N–H and O–H groups in total. The van der Waals surface area contributed by atoms with E-state index in [2.05, 4.69) is 4.98 Å². The van der Waals surface area contributed by atoms with Crippen LogP contribution in [-0.4, -0.2) is 22.3 Å². The molecule has 1 aliphatic rings. The van der Waals surface area contributed by atoms with Crippen molar-refractivity contribution in [2.75, 3.05) is 6.54 Å². The summed E-state index contributed by atoms with van der Waals surface area (Å²) in [6.07, 6.45) is 5.10. The van der Waals surface area contributed by atoms with E-state index in [4.69, 9.17) is 12.2 Å². The molecule has 0 saturated carbocycles. The molecule has 4 heteroatoms. The zero-order chi connectivity index (χ0) is 11.5. The number of hydrogen-bond acceptors (Lipinski definition) is 2. The second kappa shape index (κ2) is 4.78. The molecule has 2 rings (SSSR count). The molecule has 1 saturated heterocycles. The van der Waals surface area contributed by atoms with Gasteiger partial charge in [-0.25, -0.2) is 0 Å². The zero-order valence-electron chi connectivity index (χ0n) is 9.40. The van der Waals surface area contributed by atoms with Crippen LogP contribution in [0.1, 0.15) is 37.8 Å². The lowest BCUT2D eigenvalue weighted by molar-refractivity contribution is -0.132. The van der Waals surface area contributed by atoms with E-state index in [-0.39, 0.29) is 11.9 Å². The molecule has 1 aromatic rings. The Balaban J connectivity index is 2.34. The molecule has 0 spiro atoms. The number of hydrogen-bond donors (Lipinski definition) is 1. The maximum atomic E-state index is 11.6. The largest absolute Gasteiger partial charge is 0.353 e. The smallest absolute Gasteiger partial charge is 0.219 e. The lowest BCUT2D eigenvalue weighted by Gasteiger charge is -2.35. The summed E-state index contributed by atoms with van der Waals surface area (Å²) in [5.41, 5.74) is 1.08. The van der Waals surface area contributed by atoms with Crippen molar-refractivity contribution < 1.29 is 4.79 Å². The number of nitrogens with zero attached hydrogens (tertiary/aromatic N) is 1. The van der Waals surface area contributed by atoms with Gasteiger partial charge in [-0.05, 0) is 25.3 Å². The summed E-state index contributed by atoms with van der Waals surface area (Å²) in [5.74, 6) is 0.142. The fourth-order valence-electron chi connectivity index (χ4n) is 2.33. The molecular weight excluding hydrogens is 220 g/mol. The first kappa shape index (κ1) is 11.3. The summed E-state index contributed by atoms with van der Waals surface area (Å²) in [7, 11) is 0. The van der Waals surface area contributed by atoms with Crippen molar-refractivity contribution in [1.29, 1.82) is 0 Å². The van der Waals surface area contributed by atoms with Gasteiger partial charge in [0.05, 0.1) is 6.04 Å². The number of piperidine rings is 1. The Morgan fingerprint density at radius 1 is 1.56 bits per heavy atom. The third-order valence-corrected chi connectivity index (χ3v) is 3.47. The van der Waals surface area contributed by atoms with Gasteiger partial charge in [-0.15, -0.1) is 0 Å². The highest BCUT2D eigenvalue weighted by Crippen LogP contribution is 2.30. The number of carbonyl (C=O) groups is 1. The van der Waals surface area contributed by atoms with Crippen molar-refractivity contribution in [2.24, 2.45) is 0 Å². The van der Waals surface area contributed by atoms with Gasteiger partial charge >= 0.3 is 0 Å². The number of rotatable bonds is 1. The van der Waals surface area contributed by atoms with Gasteiger partial charge in [0.2, 0.25) is 5.91 Å². The molecule has 0 aliphatic carbocycles. The van der Waals surface area contributed by atoms with Gasteiger partial charge in [0.25, 0.3) is 0 Å². The molecule has 0 bridgehead atoms. The molecular formula is C12H16N2OS. The molecule has 3 nitrogen and oxygen atoms in total. The predicted octanol–water partition coefficient (Wildman–Crippen LogP) is 2.82. The quantitative estimate of drug-likeness (QED) is 0.761. The Labute approximate surface area is 100 Å². The number of aromatic nitrogens is 1. The highest BCUT2D eigenvalue weighted by molar-refractivity contribution is 7.71. The van der Waals surface area contributed by atoms with Crippen LogP contribution in [-0.2, 0) is 4.79 Å². The number of carbonyl (C=O) groups excluding carboxylic acids is 1. The summed E-state index contributed by atoms with van der Waals surface area (Å²) >= 11 is 5.28. The Morgan fingerprint density at radius 3 is 3.06 bits per heavy atom. The summed E-state index contributed by atoms with van der Waals surface area (Å²) in [4.78, 5) is 16.5. The zero-order valence-corrected chi connectivity index (χ0v) is 10.2. The van der Waals surface area contributed by atoms with Crippen LogP contribution in [0, 0.1) is 4.64 Å². The predicted molar refractivity (Wildman–Crippen MR) is 65.6 cm³/mol. The summed E-state index contributed by atoms with van der Waals surface area (Å²) in [6, 6.07) is 4.12. The normalized spacial score (nSPS) is 20.8. The molecule has 1 aromatic heterocycles. The Kier molecular flexibility index (Phi) is 3.39. The van der Waals surface area contributed by atoms with Crippen LogP contribution in [0.25, 0.3) is 0 Å². The molecule has 1 atom stereocenters. The standard InChI is InChI=1S/C12H16N2OS/c1-9(15)14-8-3-2-6-11(14)10-5-4-7-13-12(10)16/h4-5,7,11H,2-3,6,8H2,1H3,(H,13,16). The van der Waals surface area contributed by atoms with E-state index in [1.165, 1.54) is 0 Å². The van der Waals surface area contributed by atoms with Crippen LogP contribution in [0.4, 0.5) is 0 Å². The molecule has 0 radical (unpaired) electrons. The van der Waals surface area contributed by atoms with E-state index in [9.17, 15) is 4.79 Å². The summed E-state index contributed by atoms with van der Waals surface area (Å²) in [6.45, 7) is 2.48. The number of pyridine rings is 1. The highest BCUT2D eigenvalue weighted by atomic mass is 32.1. The Bertz CT molecular complexity index is 441. The van der Waals surface area contributed by atoms with Gasteiger partial charge < -0.3 is 9.88 Å². The first-order chi connectivity index (χ1) is 7.70. The minimum Gasteiger partial charge on any atom is -0.353 e. The summed E-state index contributed by atoms with van der Waals surface area (Å²) < 4.78 is 0.751. The minimum absolute atomic E-state index is 0.142. The van der Waals surface area contributed by atoms with Gasteiger partial charge in [0.1, 0.15) is 4.64 Å². The van der Waals surface area contributed by atoms with Crippen LogP contribution in [0.5, 0.6) is 0 Å². The highest BCUT2D eigenvalue weighted by Gasteiger charge is 2.26. The second-order valence-electron chi connectivity index (χ2n) is 4.18. The van der Waals surface area contributed by atoms with Crippen molar-refractivity contribution in [3.63, 3.8) is 0 Å². The first-order valence-corrected chi connectivity index (χ1v) is 6.06. The molecule has 1 aliphatic heterocycles. The molecule has 1 fully saturated rings. The van der Waals surface area contributed by atoms with Gasteiger partial charge in [0, 0.05) is 25.2 Å². The summed E-state index contributed by atoms with van der Waals surface area (Å²) in [5, 5.41) is 0. The lowest BCUT2D eigenvalue weighted by Crippen LogP contribution is -2.37. The molecule has 1 amide bonds.